The maximum Gasteiger partial charge on any atom is 0.297 e. The van der Waals surface area contributed by atoms with Crippen LogP contribution < -0.4 is 4.74 Å². The van der Waals surface area contributed by atoms with Crippen molar-refractivity contribution >= 4 is 11.7 Å². The van der Waals surface area contributed by atoms with Crippen LogP contribution in [-0.2, 0) is 0 Å². The molecule has 0 aliphatic heterocycles. The predicted octanol–water partition coefficient (Wildman–Crippen LogP) is 3.93. The highest BCUT2D eigenvalue weighted by Crippen LogP contribution is 2.16. The van der Waals surface area contributed by atoms with Gasteiger partial charge in [-0.15, -0.1) is 0 Å². The fourth-order valence-electron chi connectivity index (χ4n) is 1.66. The molecule has 0 heterocycles. The van der Waals surface area contributed by atoms with Gasteiger partial charge in [0.05, 0.1) is 5.69 Å². The third-order valence-corrected chi connectivity index (χ3v) is 2.87. The van der Waals surface area contributed by atoms with Crippen molar-refractivity contribution in [2.75, 3.05) is 14.1 Å². The van der Waals surface area contributed by atoms with Crippen molar-refractivity contribution in [1.82, 2.24) is 4.90 Å². The zero-order valence-corrected chi connectivity index (χ0v) is 12.4. The van der Waals surface area contributed by atoms with E-state index in [9.17, 15) is 0 Å². The summed E-state index contributed by atoms with van der Waals surface area (Å²) in [6.45, 7) is 4.11. The molecule has 0 fully saturated rings. The van der Waals surface area contributed by atoms with Gasteiger partial charge in [0, 0.05) is 14.1 Å². The largest absolute Gasteiger partial charge is 0.426 e. The summed E-state index contributed by atoms with van der Waals surface area (Å²) < 4.78 is 5.84. The molecular weight excluding hydrogens is 248 g/mol. The van der Waals surface area contributed by atoms with E-state index >= 15 is 0 Å². The molecule has 2 aromatic carbocycles. The topological polar surface area (TPSA) is 24.8 Å². The molecular formula is C17H20N2O. The summed E-state index contributed by atoms with van der Waals surface area (Å²) in [7, 11) is 3.84. The zero-order chi connectivity index (χ0) is 14.5. The number of aliphatic imine (C=N–C) groups is 1. The fraction of sp³-hybridized carbons (Fsp3) is 0.235. The maximum absolute atomic E-state index is 5.84. The van der Waals surface area contributed by atoms with Crippen molar-refractivity contribution < 1.29 is 4.74 Å². The Labute approximate surface area is 120 Å². The van der Waals surface area contributed by atoms with E-state index in [0.29, 0.717) is 6.02 Å². The Kier molecular flexibility index (Phi) is 4.41. The highest BCUT2D eigenvalue weighted by Gasteiger charge is 2.06. The average Bonchev–Trinajstić information content (AvgIpc) is 2.42. The van der Waals surface area contributed by atoms with Gasteiger partial charge in [-0.1, -0.05) is 35.4 Å². The molecule has 0 aliphatic rings. The molecule has 0 aromatic heterocycles. The number of hydrogen-bond donors (Lipinski definition) is 0. The second-order valence-electron chi connectivity index (χ2n) is 5.04. The molecule has 20 heavy (non-hydrogen) atoms. The molecule has 0 saturated carbocycles. The van der Waals surface area contributed by atoms with Crippen molar-refractivity contribution in [3.8, 4) is 5.75 Å². The van der Waals surface area contributed by atoms with Gasteiger partial charge in [-0.25, -0.2) is 0 Å². The van der Waals surface area contributed by atoms with Gasteiger partial charge in [-0.3, -0.25) is 0 Å². The predicted molar refractivity (Wildman–Crippen MR) is 83.8 cm³/mol. The second-order valence-corrected chi connectivity index (χ2v) is 5.04. The van der Waals surface area contributed by atoms with Gasteiger partial charge in [0.2, 0.25) is 0 Å². The number of nitrogens with zero attached hydrogens (tertiary/aromatic N) is 2. The molecule has 3 heteroatoms. The Morgan fingerprint density at radius 1 is 0.850 bits per heavy atom. The molecule has 2 aromatic rings. The normalized spacial score (nSPS) is 11.3. The van der Waals surface area contributed by atoms with E-state index in [1.54, 1.807) is 0 Å². The molecule has 0 spiro atoms. The summed E-state index contributed by atoms with van der Waals surface area (Å²) in [5.41, 5.74) is 3.31. The van der Waals surface area contributed by atoms with Crippen LogP contribution in [0.25, 0.3) is 0 Å². The molecule has 0 radical (unpaired) electrons. The van der Waals surface area contributed by atoms with Crippen molar-refractivity contribution in [3.63, 3.8) is 0 Å². The number of hydrogen-bond acceptors (Lipinski definition) is 2. The van der Waals surface area contributed by atoms with Gasteiger partial charge >= 0.3 is 0 Å². The molecule has 0 saturated heterocycles. The Morgan fingerprint density at radius 3 is 1.85 bits per heavy atom. The van der Waals surface area contributed by atoms with Crippen LogP contribution in [0.15, 0.2) is 53.5 Å². The molecule has 0 N–H and O–H groups in total. The number of amidine groups is 1. The second kappa shape index (κ2) is 6.24. The lowest BCUT2D eigenvalue weighted by atomic mass is 10.2. The Hall–Kier alpha value is -2.29. The first-order valence-electron chi connectivity index (χ1n) is 6.62. The third-order valence-electron chi connectivity index (χ3n) is 2.87. The number of rotatable bonds is 2. The minimum atomic E-state index is 0.567. The highest BCUT2D eigenvalue weighted by molar-refractivity contribution is 5.79. The summed E-state index contributed by atoms with van der Waals surface area (Å²) in [5.74, 6) is 0.787. The van der Waals surface area contributed by atoms with Gasteiger partial charge in [0.1, 0.15) is 5.75 Å². The smallest absolute Gasteiger partial charge is 0.297 e. The molecule has 2 rings (SSSR count). The summed E-state index contributed by atoms with van der Waals surface area (Å²) in [6.07, 6.45) is 0. The first-order valence-corrected chi connectivity index (χ1v) is 6.62. The average molecular weight is 268 g/mol. The number of benzene rings is 2. The summed E-state index contributed by atoms with van der Waals surface area (Å²) in [5, 5.41) is 0. The monoisotopic (exact) mass is 268 g/mol. The number of ether oxygens (including phenoxy) is 1. The van der Waals surface area contributed by atoms with Crippen LogP contribution in [0.1, 0.15) is 11.1 Å². The van der Waals surface area contributed by atoms with Gasteiger partial charge in [-0.2, -0.15) is 4.99 Å². The lowest BCUT2D eigenvalue weighted by molar-refractivity contribution is 0.432. The van der Waals surface area contributed by atoms with Crippen LogP contribution in [0.4, 0.5) is 5.69 Å². The van der Waals surface area contributed by atoms with Crippen molar-refractivity contribution in [1.29, 1.82) is 0 Å². The first kappa shape index (κ1) is 14.1. The van der Waals surface area contributed by atoms with Gasteiger partial charge in [0.15, 0.2) is 0 Å². The van der Waals surface area contributed by atoms with Crippen LogP contribution in [0, 0.1) is 13.8 Å². The molecule has 0 atom stereocenters. The molecule has 0 amide bonds. The molecule has 104 valence electrons. The quantitative estimate of drug-likeness (QED) is 0.609. The van der Waals surface area contributed by atoms with Crippen LogP contribution in [0.2, 0.25) is 0 Å². The van der Waals surface area contributed by atoms with Crippen molar-refractivity contribution in [2.24, 2.45) is 4.99 Å². The van der Waals surface area contributed by atoms with E-state index in [2.05, 4.69) is 18.8 Å². The Bertz CT molecular complexity index is 583. The first-order chi connectivity index (χ1) is 9.54. The van der Waals surface area contributed by atoms with Gasteiger partial charge in [-0.05, 0) is 38.1 Å². The molecule has 0 aliphatic carbocycles. The fourth-order valence-corrected chi connectivity index (χ4v) is 1.66. The Balaban J connectivity index is 2.22. The van der Waals surface area contributed by atoms with E-state index in [0.717, 1.165) is 11.4 Å². The van der Waals surface area contributed by atoms with E-state index in [1.165, 1.54) is 11.1 Å². The summed E-state index contributed by atoms with van der Waals surface area (Å²) in [6, 6.07) is 16.6. The highest BCUT2D eigenvalue weighted by atomic mass is 16.5. The standard InChI is InChI=1S/C17H20N2O/c1-13-5-9-15(10-6-13)18-17(19(3)4)20-16-11-7-14(2)8-12-16/h5-12H,1-4H3. The number of aryl methyl sites for hydroxylation is 2. The minimum Gasteiger partial charge on any atom is -0.426 e. The van der Waals surface area contributed by atoms with Crippen LogP contribution in [0.5, 0.6) is 5.75 Å². The van der Waals surface area contributed by atoms with E-state index in [-0.39, 0.29) is 0 Å². The van der Waals surface area contributed by atoms with E-state index in [1.807, 2.05) is 67.5 Å². The van der Waals surface area contributed by atoms with E-state index < -0.39 is 0 Å². The van der Waals surface area contributed by atoms with Crippen molar-refractivity contribution in [2.45, 2.75) is 13.8 Å². The van der Waals surface area contributed by atoms with Crippen LogP contribution in [-0.4, -0.2) is 25.0 Å². The summed E-state index contributed by atoms with van der Waals surface area (Å²) >= 11 is 0. The molecule has 0 bridgehead atoms. The van der Waals surface area contributed by atoms with Gasteiger partial charge < -0.3 is 9.64 Å². The zero-order valence-electron chi connectivity index (χ0n) is 12.4. The van der Waals surface area contributed by atoms with E-state index in [4.69, 9.17) is 4.74 Å². The molecule has 0 unspecified atom stereocenters. The Morgan fingerprint density at radius 2 is 1.35 bits per heavy atom. The third kappa shape index (κ3) is 3.85. The van der Waals surface area contributed by atoms with Crippen molar-refractivity contribution in [3.05, 3.63) is 59.7 Å². The lowest BCUT2D eigenvalue weighted by Crippen LogP contribution is -2.27. The maximum atomic E-state index is 5.84. The minimum absolute atomic E-state index is 0.567. The van der Waals surface area contributed by atoms with Gasteiger partial charge in [0.25, 0.3) is 6.02 Å². The van der Waals surface area contributed by atoms with Crippen LogP contribution in [0.3, 0.4) is 0 Å². The lowest BCUT2D eigenvalue weighted by Gasteiger charge is -2.16. The SMILES string of the molecule is Cc1ccc(N=C(Oc2ccc(C)cc2)N(C)C)cc1. The molecule has 3 nitrogen and oxygen atoms in total. The summed E-state index contributed by atoms with van der Waals surface area (Å²) in [4.78, 5) is 6.40. The van der Waals surface area contributed by atoms with Crippen LogP contribution >= 0.6 is 0 Å².